The third kappa shape index (κ3) is 22.5. The first-order chi connectivity index (χ1) is 26.5. The van der Waals surface area contributed by atoms with Gasteiger partial charge in [-0.2, -0.15) is 13.2 Å². The maximum Gasteiger partial charge on any atom is 0.416 e. The van der Waals surface area contributed by atoms with Gasteiger partial charge in [-0.3, -0.25) is 9.59 Å². The van der Waals surface area contributed by atoms with Gasteiger partial charge >= 0.3 is 6.18 Å². The summed E-state index contributed by atoms with van der Waals surface area (Å²) < 4.78 is 57.2. The van der Waals surface area contributed by atoms with Crippen molar-refractivity contribution >= 4 is 30.8 Å². The molecule has 1 saturated carbocycles. The summed E-state index contributed by atoms with van der Waals surface area (Å²) >= 11 is 1.46. The van der Waals surface area contributed by atoms with Crippen molar-refractivity contribution in [2.75, 3.05) is 13.0 Å². The molecule has 14 heteroatoms. The van der Waals surface area contributed by atoms with E-state index in [2.05, 4.69) is 41.6 Å². The van der Waals surface area contributed by atoms with Crippen LogP contribution >= 0.6 is 11.8 Å². The van der Waals surface area contributed by atoms with Crippen LogP contribution in [0, 0.1) is 16.0 Å². The number of nitrogens with zero attached hydrogens (tertiary/aromatic N) is 1. The van der Waals surface area contributed by atoms with E-state index in [4.69, 9.17) is 14.2 Å². The number of rotatable bonds is 17. The molecule has 0 unspecified atom stereocenters. The maximum atomic E-state index is 12.5. The second-order valence-corrected chi connectivity index (χ2v) is 12.4. The van der Waals surface area contributed by atoms with E-state index in [1.165, 1.54) is 82.0 Å². The molecule has 300 valence electrons. The minimum atomic E-state index is -4.32. The maximum absolute atomic E-state index is 12.5. The molecule has 3 aromatic rings. The Morgan fingerprint density at radius 2 is 1.62 bits per heavy atom. The Labute approximate surface area is 325 Å². The van der Waals surface area contributed by atoms with Gasteiger partial charge in [-0.25, -0.2) is 0 Å². The standard InChI is InChI=1S/C15H17F3OS.C11H12O3.C8H7NO5.C7H14/c16-15(17,18)13-6-3-7-14(10-13)19-11-20-9-8-12-4-1-2-5-12;1-3-4-9-5-6-10(14-8-12)11(7-9)13-2;10-6-13-8-3-1-2-7(4-8)5-14-9(11)12;1-3-5-7-6-4-2/h3,6-10,12H,1-2,4-5,11H2;3-8H,1-2H3;1-4,6H,5H2;3,5H,4,6-7H2,1-2H3/b9-8+;4-3+;;5-3-. The Morgan fingerprint density at radius 3 is 2.24 bits per heavy atom. The van der Waals surface area contributed by atoms with Gasteiger partial charge in [0.1, 0.15) is 24.0 Å². The molecule has 0 amide bonds. The number of hydrogen-bond acceptors (Lipinski definition) is 10. The lowest BCUT2D eigenvalue weighted by Gasteiger charge is -2.09. The van der Waals surface area contributed by atoms with Crippen molar-refractivity contribution in [3.05, 3.63) is 123 Å². The van der Waals surface area contributed by atoms with Crippen molar-refractivity contribution in [1.29, 1.82) is 0 Å². The van der Waals surface area contributed by atoms with Crippen LogP contribution < -0.4 is 18.9 Å². The predicted molar refractivity (Wildman–Crippen MR) is 209 cm³/mol. The Bertz CT molecular complexity index is 1620. The highest BCUT2D eigenvalue weighted by Gasteiger charge is 2.30. The molecule has 1 aliphatic carbocycles. The normalized spacial score (nSPS) is 12.4. The number of thioether (sulfide) groups is 1. The molecule has 10 nitrogen and oxygen atoms in total. The van der Waals surface area contributed by atoms with Gasteiger partial charge in [-0.05, 0) is 98.0 Å². The fourth-order valence-corrected chi connectivity index (χ4v) is 5.35. The molecule has 4 rings (SSSR count). The SMILES string of the molecule is C/C=C/c1ccc(OC=O)c(OC)c1.C/C=C\CCCC.FC(F)(F)c1cccc(OCS/C=C/C2CCCC2)c1.O=COc1cccc(CO[N+](=O)[O-])c1. The number of halogens is 3. The van der Waals surface area contributed by atoms with E-state index in [1.54, 1.807) is 30.3 Å². The highest BCUT2D eigenvalue weighted by atomic mass is 32.2. The van der Waals surface area contributed by atoms with Gasteiger partial charge in [0, 0.05) is 0 Å². The third-order valence-electron chi connectivity index (χ3n) is 7.40. The second-order valence-electron chi connectivity index (χ2n) is 11.5. The lowest BCUT2D eigenvalue weighted by atomic mass is 10.1. The Morgan fingerprint density at radius 1 is 0.909 bits per heavy atom. The van der Waals surface area contributed by atoms with Crippen LogP contribution in [-0.2, 0) is 27.2 Å². The summed E-state index contributed by atoms with van der Waals surface area (Å²) in [4.78, 5) is 34.2. The molecule has 0 aromatic heterocycles. The number of carbonyl (C=O) groups excluding carboxylic acids is 2. The fraction of sp³-hybridized carbons (Fsp3) is 0.366. The number of ether oxygens (including phenoxy) is 4. The summed E-state index contributed by atoms with van der Waals surface area (Å²) in [5, 5.41) is 11.0. The van der Waals surface area contributed by atoms with Gasteiger partial charge in [0.25, 0.3) is 18.0 Å². The number of benzene rings is 3. The van der Waals surface area contributed by atoms with Crippen LogP contribution in [0.5, 0.6) is 23.0 Å². The van der Waals surface area contributed by atoms with Crippen molar-refractivity contribution in [2.24, 2.45) is 5.92 Å². The van der Waals surface area contributed by atoms with Crippen LogP contribution in [0.1, 0.15) is 82.4 Å². The summed E-state index contributed by atoms with van der Waals surface area (Å²) in [6, 6.07) is 16.6. The van der Waals surface area contributed by atoms with Gasteiger partial charge < -0.3 is 23.8 Å². The minimum Gasteiger partial charge on any atom is -0.493 e. The van der Waals surface area contributed by atoms with E-state index in [9.17, 15) is 32.9 Å². The zero-order valence-electron chi connectivity index (χ0n) is 31.6. The summed E-state index contributed by atoms with van der Waals surface area (Å²) in [6.45, 7) is 6.71. The van der Waals surface area contributed by atoms with Crippen molar-refractivity contribution in [3.8, 4) is 23.0 Å². The van der Waals surface area contributed by atoms with Gasteiger partial charge in [-0.15, -0.1) is 10.1 Å². The van der Waals surface area contributed by atoms with Crippen LogP contribution in [0.4, 0.5) is 13.2 Å². The van der Waals surface area contributed by atoms with Crippen molar-refractivity contribution in [1.82, 2.24) is 0 Å². The Balaban J connectivity index is 0.000000387. The molecule has 1 fully saturated rings. The number of hydrogen-bond donors (Lipinski definition) is 0. The zero-order chi connectivity index (χ0) is 40.7. The van der Waals surface area contributed by atoms with E-state index in [0.717, 1.165) is 17.7 Å². The lowest BCUT2D eigenvalue weighted by molar-refractivity contribution is -0.763. The number of carbonyl (C=O) groups is 2. The van der Waals surface area contributed by atoms with E-state index in [-0.39, 0.29) is 18.8 Å². The van der Waals surface area contributed by atoms with Crippen LogP contribution in [-0.4, -0.2) is 31.1 Å². The average Bonchev–Trinajstić information content (AvgIpc) is 3.70. The van der Waals surface area contributed by atoms with Crippen molar-refractivity contribution in [2.45, 2.75) is 78.5 Å². The summed E-state index contributed by atoms with van der Waals surface area (Å²) in [5.74, 6) is 2.54. The van der Waals surface area contributed by atoms with Crippen molar-refractivity contribution in [3.63, 3.8) is 0 Å². The van der Waals surface area contributed by atoms with E-state index >= 15 is 0 Å². The molecule has 0 radical (unpaired) electrons. The molecule has 1 aliphatic rings. The number of alkyl halides is 3. The molecule has 0 N–H and O–H groups in total. The predicted octanol–water partition coefficient (Wildman–Crippen LogP) is 11.4. The van der Waals surface area contributed by atoms with Crippen molar-refractivity contribution < 1.29 is 51.6 Å². The molecule has 0 aliphatic heterocycles. The quantitative estimate of drug-likeness (QED) is 0.0326. The second kappa shape index (κ2) is 29.2. The molecular formula is C41H50F3NO9S. The highest BCUT2D eigenvalue weighted by Crippen LogP contribution is 2.32. The first-order valence-electron chi connectivity index (χ1n) is 17.6. The number of methoxy groups -OCH3 is 1. The van der Waals surface area contributed by atoms with E-state index in [1.807, 2.05) is 30.6 Å². The average molecular weight is 790 g/mol. The summed E-state index contributed by atoms with van der Waals surface area (Å²) in [6.07, 6.45) is 15.0. The van der Waals surface area contributed by atoms with Crippen LogP contribution in [0.2, 0.25) is 0 Å². The smallest absolute Gasteiger partial charge is 0.416 e. The molecule has 0 atom stereocenters. The zero-order valence-corrected chi connectivity index (χ0v) is 32.4. The Hall–Kier alpha value is -5.24. The molecule has 0 heterocycles. The number of unbranched alkanes of at least 4 members (excludes halogenated alkanes) is 2. The first-order valence-corrected chi connectivity index (χ1v) is 18.6. The van der Waals surface area contributed by atoms with Gasteiger partial charge in [0.2, 0.25) is 0 Å². The number of allylic oxidation sites excluding steroid dienone is 4. The van der Waals surface area contributed by atoms with Crippen LogP contribution in [0.15, 0.2) is 96.4 Å². The van der Waals surface area contributed by atoms with Gasteiger partial charge in [0.15, 0.2) is 11.5 Å². The fourth-order valence-electron chi connectivity index (χ4n) is 4.73. The molecule has 0 saturated heterocycles. The molecule has 55 heavy (non-hydrogen) atoms. The summed E-state index contributed by atoms with van der Waals surface area (Å²) in [7, 11) is 1.53. The topological polar surface area (TPSA) is 123 Å². The highest BCUT2D eigenvalue weighted by molar-refractivity contribution is 8.02. The van der Waals surface area contributed by atoms with Crippen LogP contribution in [0.3, 0.4) is 0 Å². The van der Waals surface area contributed by atoms with E-state index in [0.29, 0.717) is 41.1 Å². The minimum absolute atomic E-state index is 0.164. The third-order valence-corrected chi connectivity index (χ3v) is 8.01. The van der Waals surface area contributed by atoms with E-state index < -0.39 is 16.8 Å². The van der Waals surface area contributed by atoms with Gasteiger partial charge in [-0.1, -0.05) is 99.0 Å². The molecular weight excluding hydrogens is 740 g/mol. The molecule has 0 spiro atoms. The molecule has 3 aromatic carbocycles. The summed E-state index contributed by atoms with van der Waals surface area (Å²) in [5.41, 5.74) is 0.880. The monoisotopic (exact) mass is 789 g/mol. The van der Waals surface area contributed by atoms with Crippen LogP contribution in [0.25, 0.3) is 6.08 Å². The first kappa shape index (κ1) is 47.8. The largest absolute Gasteiger partial charge is 0.493 e. The Kier molecular flexibility index (Phi) is 25.3. The molecule has 0 bridgehead atoms. The van der Waals surface area contributed by atoms with Gasteiger partial charge in [0.05, 0.1) is 12.7 Å². The lowest BCUT2D eigenvalue weighted by Crippen LogP contribution is -2.05.